The third-order valence-corrected chi connectivity index (χ3v) is 7.26. The molecule has 0 saturated carbocycles. The lowest BCUT2D eigenvalue weighted by atomic mass is 9.75. The molecule has 0 aromatic heterocycles. The first-order valence-electron chi connectivity index (χ1n) is 11.7. The summed E-state index contributed by atoms with van der Waals surface area (Å²) in [4.78, 5) is 5.24. The summed E-state index contributed by atoms with van der Waals surface area (Å²) in [6.45, 7) is 5.73. The molecule has 2 saturated heterocycles. The molecule has 1 atom stereocenters. The van der Waals surface area contributed by atoms with Crippen LogP contribution in [0.25, 0.3) is 0 Å². The van der Waals surface area contributed by atoms with Crippen LogP contribution in [-0.2, 0) is 12.1 Å². The van der Waals surface area contributed by atoms with Crippen LogP contribution >= 0.6 is 11.6 Å². The smallest absolute Gasteiger partial charge is 0.0972 e. The topological polar surface area (TPSA) is 6.48 Å². The van der Waals surface area contributed by atoms with Crippen LogP contribution in [0.3, 0.4) is 0 Å². The Balaban J connectivity index is 1.63. The fraction of sp³-hybridized carbons (Fsp3) is 0.357. The molecule has 0 radical (unpaired) electrons. The molecule has 2 nitrogen and oxygen atoms in total. The maximum atomic E-state index is 6.30. The number of halogens is 1. The summed E-state index contributed by atoms with van der Waals surface area (Å²) in [7, 11) is 0. The summed E-state index contributed by atoms with van der Waals surface area (Å²) >= 11 is 6.30. The molecular weight excluding hydrogens is 400 g/mol. The van der Waals surface area contributed by atoms with Gasteiger partial charge in [0.15, 0.2) is 0 Å². The van der Waals surface area contributed by atoms with E-state index in [-0.39, 0.29) is 5.54 Å². The Morgan fingerprint density at radius 1 is 0.613 bits per heavy atom. The zero-order valence-electron chi connectivity index (χ0n) is 18.1. The number of hydrogen-bond donors (Lipinski definition) is 0. The highest BCUT2D eigenvalue weighted by Gasteiger charge is 2.43. The van der Waals surface area contributed by atoms with Crippen molar-refractivity contribution in [3.05, 3.63) is 106 Å². The zero-order valence-corrected chi connectivity index (χ0v) is 18.9. The van der Waals surface area contributed by atoms with Crippen molar-refractivity contribution in [3.8, 4) is 0 Å². The zero-order chi connectivity index (χ0) is 21.1. The first-order valence-corrected chi connectivity index (χ1v) is 12.0. The maximum absolute atomic E-state index is 6.30. The Labute approximate surface area is 191 Å². The summed E-state index contributed by atoms with van der Waals surface area (Å²) < 4.78 is 0. The highest BCUT2D eigenvalue weighted by molar-refractivity contribution is 6.30. The van der Waals surface area contributed by atoms with E-state index in [1.54, 1.807) is 0 Å². The average molecular weight is 431 g/mol. The Morgan fingerprint density at radius 3 is 1.74 bits per heavy atom. The Bertz CT molecular complexity index is 972. The highest BCUT2D eigenvalue weighted by atomic mass is 35.5. The van der Waals surface area contributed by atoms with Crippen molar-refractivity contribution in [1.82, 2.24) is 9.80 Å². The van der Waals surface area contributed by atoms with Crippen LogP contribution < -0.4 is 0 Å². The van der Waals surface area contributed by atoms with Crippen molar-refractivity contribution in [2.45, 2.75) is 37.8 Å². The van der Waals surface area contributed by atoms with Gasteiger partial charge >= 0.3 is 0 Å². The van der Waals surface area contributed by atoms with E-state index in [9.17, 15) is 0 Å². The second kappa shape index (κ2) is 9.16. The monoisotopic (exact) mass is 430 g/mol. The Hall–Kier alpha value is -2.13. The van der Waals surface area contributed by atoms with E-state index in [1.165, 1.54) is 61.0 Å². The highest BCUT2D eigenvalue weighted by Crippen LogP contribution is 2.44. The standard InChI is InChI=1S/C28H31ClN2/c29-27-16-14-26(15-17-27)28(31-20-6-7-21-31,24-8-2-1-3-9-24)25-12-10-23(11-13-25)22-30-18-4-5-19-30/h1-3,8-17H,4-7,18-22H2. The van der Waals surface area contributed by atoms with Crippen LogP contribution in [0.5, 0.6) is 0 Å². The summed E-state index contributed by atoms with van der Waals surface area (Å²) in [6.07, 6.45) is 5.16. The van der Waals surface area contributed by atoms with Gasteiger partial charge in [-0.2, -0.15) is 0 Å². The van der Waals surface area contributed by atoms with Crippen LogP contribution in [0.4, 0.5) is 0 Å². The van der Waals surface area contributed by atoms with Gasteiger partial charge in [0.1, 0.15) is 0 Å². The van der Waals surface area contributed by atoms with Gasteiger partial charge in [-0.1, -0.05) is 78.3 Å². The van der Waals surface area contributed by atoms with Crippen molar-refractivity contribution in [2.24, 2.45) is 0 Å². The van der Waals surface area contributed by atoms with Crippen molar-refractivity contribution in [2.75, 3.05) is 26.2 Å². The number of likely N-dealkylation sites (tertiary alicyclic amines) is 2. The van der Waals surface area contributed by atoms with Gasteiger partial charge in [-0.3, -0.25) is 9.80 Å². The Morgan fingerprint density at radius 2 is 1.13 bits per heavy atom. The third kappa shape index (κ3) is 4.05. The average Bonchev–Trinajstić information content (AvgIpc) is 3.52. The summed E-state index contributed by atoms with van der Waals surface area (Å²) in [6, 6.07) is 28.9. The number of benzene rings is 3. The van der Waals surface area contributed by atoms with E-state index in [4.69, 9.17) is 11.6 Å². The Kier molecular flexibility index (Phi) is 6.13. The molecule has 0 aliphatic carbocycles. The molecule has 2 fully saturated rings. The van der Waals surface area contributed by atoms with Crippen molar-refractivity contribution in [3.63, 3.8) is 0 Å². The van der Waals surface area contributed by atoms with E-state index < -0.39 is 0 Å². The van der Waals surface area contributed by atoms with Crippen LogP contribution in [0.2, 0.25) is 5.02 Å². The van der Waals surface area contributed by atoms with E-state index >= 15 is 0 Å². The third-order valence-electron chi connectivity index (χ3n) is 7.01. The molecule has 160 valence electrons. The summed E-state index contributed by atoms with van der Waals surface area (Å²) in [5, 5.41) is 0.785. The minimum absolute atomic E-state index is 0.297. The molecule has 3 aromatic rings. The van der Waals surface area contributed by atoms with Crippen LogP contribution in [0.15, 0.2) is 78.9 Å². The molecule has 2 aliphatic rings. The van der Waals surface area contributed by atoms with Gasteiger partial charge in [0.25, 0.3) is 0 Å². The van der Waals surface area contributed by atoms with E-state index in [0.717, 1.165) is 24.7 Å². The largest absolute Gasteiger partial charge is 0.299 e. The summed E-state index contributed by atoms with van der Waals surface area (Å²) in [5.41, 5.74) is 5.07. The first kappa shape index (κ1) is 20.8. The first-order chi connectivity index (χ1) is 15.3. The minimum atomic E-state index is -0.297. The fourth-order valence-corrected chi connectivity index (χ4v) is 5.65. The second-order valence-corrected chi connectivity index (χ2v) is 9.39. The van der Waals surface area contributed by atoms with Gasteiger partial charge in [-0.15, -0.1) is 0 Å². The fourth-order valence-electron chi connectivity index (χ4n) is 5.52. The van der Waals surface area contributed by atoms with Gasteiger partial charge in [0, 0.05) is 11.6 Å². The maximum Gasteiger partial charge on any atom is 0.0972 e. The quantitative estimate of drug-likeness (QED) is 0.422. The van der Waals surface area contributed by atoms with Gasteiger partial charge in [0.05, 0.1) is 5.54 Å². The van der Waals surface area contributed by atoms with E-state index in [2.05, 4.69) is 76.5 Å². The van der Waals surface area contributed by atoms with Gasteiger partial charge < -0.3 is 0 Å². The van der Waals surface area contributed by atoms with E-state index in [0.29, 0.717) is 0 Å². The normalized spacial score (nSPS) is 19.5. The molecule has 0 amide bonds. The number of nitrogens with zero attached hydrogens (tertiary/aromatic N) is 2. The molecule has 2 heterocycles. The SMILES string of the molecule is Clc1ccc(C(c2ccccc2)(c2ccc(CN3CCCC3)cc2)N2CCCC2)cc1. The van der Waals surface area contributed by atoms with Crippen molar-refractivity contribution in [1.29, 1.82) is 0 Å². The minimum Gasteiger partial charge on any atom is -0.299 e. The van der Waals surface area contributed by atoms with Crippen LogP contribution in [0, 0.1) is 0 Å². The predicted molar refractivity (Wildman–Crippen MR) is 130 cm³/mol. The molecule has 0 bridgehead atoms. The van der Waals surface area contributed by atoms with Gasteiger partial charge in [-0.25, -0.2) is 0 Å². The van der Waals surface area contributed by atoms with E-state index in [1.807, 2.05) is 12.1 Å². The molecule has 31 heavy (non-hydrogen) atoms. The second-order valence-electron chi connectivity index (χ2n) is 8.96. The van der Waals surface area contributed by atoms with Crippen LogP contribution in [-0.4, -0.2) is 36.0 Å². The van der Waals surface area contributed by atoms with Gasteiger partial charge in [-0.05, 0) is 86.2 Å². The number of rotatable bonds is 6. The van der Waals surface area contributed by atoms with Gasteiger partial charge in [0.2, 0.25) is 0 Å². The molecule has 0 N–H and O–H groups in total. The molecule has 1 unspecified atom stereocenters. The summed E-state index contributed by atoms with van der Waals surface area (Å²) in [5.74, 6) is 0. The molecule has 3 heteroatoms. The number of hydrogen-bond acceptors (Lipinski definition) is 2. The molecule has 3 aromatic carbocycles. The molecule has 0 spiro atoms. The predicted octanol–water partition coefficient (Wildman–Crippen LogP) is 6.32. The van der Waals surface area contributed by atoms with Crippen molar-refractivity contribution < 1.29 is 0 Å². The molecular formula is C28H31ClN2. The lowest BCUT2D eigenvalue weighted by Gasteiger charge is -2.44. The molecule has 5 rings (SSSR count). The lowest BCUT2D eigenvalue weighted by molar-refractivity contribution is 0.199. The molecule has 2 aliphatic heterocycles. The van der Waals surface area contributed by atoms with Crippen LogP contribution in [0.1, 0.15) is 47.9 Å². The lowest BCUT2D eigenvalue weighted by Crippen LogP contribution is -2.46. The van der Waals surface area contributed by atoms with Crippen molar-refractivity contribution >= 4 is 11.6 Å².